The van der Waals surface area contributed by atoms with Crippen LogP contribution in [0.1, 0.15) is 43.7 Å². The Morgan fingerprint density at radius 1 is 1.07 bits per heavy atom. The van der Waals surface area contributed by atoms with Gasteiger partial charge in [-0.15, -0.1) is 0 Å². The van der Waals surface area contributed by atoms with Crippen LogP contribution in [0.25, 0.3) is 0 Å². The van der Waals surface area contributed by atoms with Crippen LogP contribution in [-0.2, 0) is 22.6 Å². The molecule has 3 rings (SSSR count). The summed E-state index contributed by atoms with van der Waals surface area (Å²) in [5.41, 5.74) is 1.85. The third kappa shape index (κ3) is 5.59. The minimum atomic E-state index is -0.535. The number of rotatable bonds is 7. The topological polar surface area (TPSA) is 49.4 Å². The van der Waals surface area contributed by atoms with Gasteiger partial charge in [-0.25, -0.2) is 0 Å². The standard InChI is InChI=1S/C23H27ClN2O2/c1-17(23(28)25-21-12-5-6-13-21)26(16-18-8-3-2-4-9-18)22(27)15-19-10-7-11-20(24)14-19/h2-4,7-11,14,17,21H,5-6,12-13,15-16H2,1H3,(H,25,28)/t17-/m1/s1. The monoisotopic (exact) mass is 398 g/mol. The van der Waals surface area contributed by atoms with Gasteiger partial charge in [0.1, 0.15) is 6.04 Å². The Labute approximate surface area is 171 Å². The first-order chi connectivity index (χ1) is 13.5. The summed E-state index contributed by atoms with van der Waals surface area (Å²) < 4.78 is 0. The van der Waals surface area contributed by atoms with Gasteiger partial charge >= 0.3 is 0 Å². The number of halogens is 1. The van der Waals surface area contributed by atoms with Crippen molar-refractivity contribution in [3.63, 3.8) is 0 Å². The minimum absolute atomic E-state index is 0.0812. The molecule has 1 N–H and O–H groups in total. The Hall–Kier alpha value is -2.33. The Morgan fingerprint density at radius 3 is 2.43 bits per heavy atom. The van der Waals surface area contributed by atoms with Crippen LogP contribution in [0, 0.1) is 0 Å². The fourth-order valence-electron chi connectivity index (χ4n) is 3.68. The summed E-state index contributed by atoms with van der Waals surface area (Å²) >= 11 is 6.06. The first-order valence-electron chi connectivity index (χ1n) is 9.91. The summed E-state index contributed by atoms with van der Waals surface area (Å²) in [7, 11) is 0. The van der Waals surface area contributed by atoms with Gasteiger partial charge in [-0.05, 0) is 43.0 Å². The van der Waals surface area contributed by atoms with E-state index in [1.54, 1.807) is 17.0 Å². The molecule has 0 spiro atoms. The first kappa shape index (κ1) is 20.4. The van der Waals surface area contributed by atoms with Gasteiger partial charge in [0, 0.05) is 17.6 Å². The van der Waals surface area contributed by atoms with Crippen LogP contribution < -0.4 is 5.32 Å². The largest absolute Gasteiger partial charge is 0.352 e. The Bertz CT molecular complexity index is 803. The Kier molecular flexibility index (Phi) is 7.10. The highest BCUT2D eigenvalue weighted by atomic mass is 35.5. The Morgan fingerprint density at radius 2 is 1.75 bits per heavy atom. The van der Waals surface area contributed by atoms with Gasteiger partial charge < -0.3 is 10.2 Å². The molecule has 4 nitrogen and oxygen atoms in total. The second kappa shape index (κ2) is 9.74. The van der Waals surface area contributed by atoms with E-state index in [1.165, 1.54) is 0 Å². The maximum absolute atomic E-state index is 13.1. The van der Waals surface area contributed by atoms with E-state index in [4.69, 9.17) is 11.6 Å². The van der Waals surface area contributed by atoms with Gasteiger partial charge in [0.05, 0.1) is 6.42 Å². The Balaban J connectivity index is 1.75. The summed E-state index contributed by atoms with van der Waals surface area (Å²) in [4.78, 5) is 27.6. The van der Waals surface area contributed by atoms with Gasteiger partial charge in [0.25, 0.3) is 0 Å². The van der Waals surface area contributed by atoms with Crippen LogP contribution in [0.2, 0.25) is 5.02 Å². The molecule has 0 bridgehead atoms. The fraction of sp³-hybridized carbons (Fsp3) is 0.391. The lowest BCUT2D eigenvalue weighted by Crippen LogP contribution is -2.50. The van der Waals surface area contributed by atoms with E-state index in [0.29, 0.717) is 11.6 Å². The number of hydrogen-bond donors (Lipinski definition) is 1. The average Bonchev–Trinajstić information content (AvgIpc) is 3.19. The number of nitrogens with zero attached hydrogens (tertiary/aromatic N) is 1. The number of amides is 2. The van der Waals surface area contributed by atoms with Crippen molar-refractivity contribution in [2.75, 3.05) is 0 Å². The summed E-state index contributed by atoms with van der Waals surface area (Å²) in [5.74, 6) is -0.164. The van der Waals surface area contributed by atoms with E-state index in [2.05, 4.69) is 5.32 Å². The zero-order valence-electron chi connectivity index (χ0n) is 16.2. The van der Waals surface area contributed by atoms with Crippen LogP contribution in [0.3, 0.4) is 0 Å². The molecule has 1 fully saturated rings. The molecule has 0 saturated heterocycles. The predicted molar refractivity (Wildman–Crippen MR) is 112 cm³/mol. The molecule has 2 amide bonds. The molecule has 1 aliphatic rings. The van der Waals surface area contributed by atoms with E-state index >= 15 is 0 Å². The van der Waals surface area contributed by atoms with Crippen molar-refractivity contribution >= 4 is 23.4 Å². The minimum Gasteiger partial charge on any atom is -0.352 e. The molecule has 0 unspecified atom stereocenters. The molecule has 1 atom stereocenters. The van der Waals surface area contributed by atoms with Crippen molar-refractivity contribution in [2.24, 2.45) is 0 Å². The molecule has 0 heterocycles. The fourth-order valence-corrected chi connectivity index (χ4v) is 3.89. The molecular formula is C23H27ClN2O2. The van der Waals surface area contributed by atoms with Gasteiger partial charge in [-0.3, -0.25) is 9.59 Å². The molecule has 148 valence electrons. The van der Waals surface area contributed by atoms with Crippen LogP contribution in [0.5, 0.6) is 0 Å². The molecule has 2 aromatic rings. The molecule has 1 saturated carbocycles. The summed E-state index contributed by atoms with van der Waals surface area (Å²) in [6.45, 7) is 2.21. The second-order valence-electron chi connectivity index (χ2n) is 7.48. The highest BCUT2D eigenvalue weighted by molar-refractivity contribution is 6.30. The van der Waals surface area contributed by atoms with Gasteiger partial charge in [-0.1, -0.05) is 66.9 Å². The quantitative estimate of drug-likeness (QED) is 0.753. The third-order valence-corrected chi connectivity index (χ3v) is 5.54. The molecule has 28 heavy (non-hydrogen) atoms. The van der Waals surface area contributed by atoms with E-state index in [-0.39, 0.29) is 24.3 Å². The van der Waals surface area contributed by atoms with Crippen molar-refractivity contribution in [2.45, 2.75) is 57.7 Å². The van der Waals surface area contributed by atoms with Crippen LogP contribution >= 0.6 is 11.6 Å². The van der Waals surface area contributed by atoms with Crippen molar-refractivity contribution < 1.29 is 9.59 Å². The molecule has 5 heteroatoms. The predicted octanol–water partition coefficient (Wildman–Crippen LogP) is 4.36. The van der Waals surface area contributed by atoms with Crippen LogP contribution in [-0.4, -0.2) is 28.8 Å². The summed E-state index contributed by atoms with van der Waals surface area (Å²) in [6.07, 6.45) is 4.57. The molecule has 0 aromatic heterocycles. The molecule has 0 radical (unpaired) electrons. The maximum atomic E-state index is 13.1. The van der Waals surface area contributed by atoms with Gasteiger partial charge in [0.2, 0.25) is 11.8 Å². The van der Waals surface area contributed by atoms with Gasteiger partial charge in [0.15, 0.2) is 0 Å². The SMILES string of the molecule is C[C@H](C(=O)NC1CCCC1)N(Cc1ccccc1)C(=O)Cc1cccc(Cl)c1. The summed E-state index contributed by atoms with van der Waals surface area (Å²) in [6, 6.07) is 16.8. The molecule has 1 aliphatic carbocycles. The van der Waals surface area contributed by atoms with Crippen LogP contribution in [0.4, 0.5) is 0 Å². The van der Waals surface area contributed by atoms with E-state index < -0.39 is 6.04 Å². The van der Waals surface area contributed by atoms with E-state index in [9.17, 15) is 9.59 Å². The van der Waals surface area contributed by atoms with Crippen molar-refractivity contribution in [1.82, 2.24) is 10.2 Å². The number of hydrogen-bond acceptors (Lipinski definition) is 2. The molecule has 0 aliphatic heterocycles. The van der Waals surface area contributed by atoms with E-state index in [1.807, 2.05) is 49.4 Å². The number of carbonyl (C=O) groups is 2. The van der Waals surface area contributed by atoms with Crippen LogP contribution in [0.15, 0.2) is 54.6 Å². The zero-order valence-corrected chi connectivity index (χ0v) is 17.0. The smallest absolute Gasteiger partial charge is 0.242 e. The summed E-state index contributed by atoms with van der Waals surface area (Å²) in [5, 5.41) is 3.72. The third-order valence-electron chi connectivity index (χ3n) is 5.31. The van der Waals surface area contributed by atoms with E-state index in [0.717, 1.165) is 36.8 Å². The normalized spacial score (nSPS) is 15.2. The number of benzene rings is 2. The lowest BCUT2D eigenvalue weighted by Gasteiger charge is -2.30. The second-order valence-corrected chi connectivity index (χ2v) is 7.92. The van der Waals surface area contributed by atoms with Crippen molar-refractivity contribution in [3.8, 4) is 0 Å². The maximum Gasteiger partial charge on any atom is 0.242 e. The van der Waals surface area contributed by atoms with Crippen molar-refractivity contribution in [3.05, 3.63) is 70.7 Å². The lowest BCUT2D eigenvalue weighted by atomic mass is 10.1. The van der Waals surface area contributed by atoms with Gasteiger partial charge in [-0.2, -0.15) is 0 Å². The lowest BCUT2D eigenvalue weighted by molar-refractivity contribution is -0.140. The highest BCUT2D eigenvalue weighted by Crippen LogP contribution is 2.19. The number of carbonyl (C=O) groups excluding carboxylic acids is 2. The zero-order chi connectivity index (χ0) is 19.9. The first-order valence-corrected chi connectivity index (χ1v) is 10.3. The number of nitrogens with one attached hydrogen (secondary N) is 1. The highest BCUT2D eigenvalue weighted by Gasteiger charge is 2.28. The molecule has 2 aromatic carbocycles. The van der Waals surface area contributed by atoms with Crippen molar-refractivity contribution in [1.29, 1.82) is 0 Å². The average molecular weight is 399 g/mol. The molecular weight excluding hydrogens is 372 g/mol.